The largest absolute Gasteiger partial charge is 0.444 e. The lowest BCUT2D eigenvalue weighted by Crippen LogP contribution is -2.70. The maximum Gasteiger partial charge on any atom is 0.410 e. The molecule has 0 spiro atoms. The van der Waals surface area contributed by atoms with E-state index in [1.54, 1.807) is 4.90 Å². The SMILES string of the molecule is CC(C)(C)OC(=O)N1CC(C)(N2CC(CN)CC2=O)C1. The van der Waals surface area contributed by atoms with Gasteiger partial charge in [-0.15, -0.1) is 0 Å². The molecule has 20 heavy (non-hydrogen) atoms. The summed E-state index contributed by atoms with van der Waals surface area (Å²) in [5.41, 5.74) is 4.89. The molecule has 1 atom stereocenters. The first-order valence-electron chi connectivity index (χ1n) is 7.13. The van der Waals surface area contributed by atoms with E-state index >= 15 is 0 Å². The third kappa shape index (κ3) is 2.90. The lowest BCUT2D eigenvalue weighted by Gasteiger charge is -2.52. The summed E-state index contributed by atoms with van der Waals surface area (Å²) in [6.07, 6.45) is 0.218. The number of rotatable bonds is 2. The second-order valence-corrected chi connectivity index (χ2v) is 7.14. The van der Waals surface area contributed by atoms with Gasteiger partial charge in [-0.1, -0.05) is 0 Å². The molecule has 0 radical (unpaired) electrons. The number of carbonyl (C=O) groups is 2. The van der Waals surface area contributed by atoms with Crippen LogP contribution in [0.3, 0.4) is 0 Å². The van der Waals surface area contributed by atoms with E-state index in [0.29, 0.717) is 32.6 Å². The van der Waals surface area contributed by atoms with Gasteiger partial charge in [0.05, 0.1) is 5.54 Å². The van der Waals surface area contributed by atoms with Crippen molar-refractivity contribution in [2.75, 3.05) is 26.2 Å². The van der Waals surface area contributed by atoms with Crippen molar-refractivity contribution in [3.05, 3.63) is 0 Å². The number of hydrogen-bond acceptors (Lipinski definition) is 4. The molecule has 2 rings (SSSR count). The van der Waals surface area contributed by atoms with Crippen LogP contribution in [-0.2, 0) is 9.53 Å². The fourth-order valence-electron chi connectivity index (χ4n) is 2.86. The van der Waals surface area contributed by atoms with Crippen LogP contribution in [0.15, 0.2) is 0 Å². The predicted molar refractivity (Wildman–Crippen MR) is 75.1 cm³/mol. The van der Waals surface area contributed by atoms with Gasteiger partial charge < -0.3 is 20.3 Å². The minimum atomic E-state index is -0.489. The molecule has 2 heterocycles. The third-order valence-electron chi connectivity index (χ3n) is 3.90. The number of nitrogens with two attached hydrogens (primary N) is 1. The van der Waals surface area contributed by atoms with Gasteiger partial charge in [0.15, 0.2) is 0 Å². The number of amides is 2. The van der Waals surface area contributed by atoms with E-state index < -0.39 is 5.60 Å². The van der Waals surface area contributed by atoms with E-state index in [9.17, 15) is 9.59 Å². The minimum absolute atomic E-state index is 0.145. The molecule has 2 N–H and O–H groups in total. The van der Waals surface area contributed by atoms with Gasteiger partial charge >= 0.3 is 6.09 Å². The van der Waals surface area contributed by atoms with E-state index in [0.717, 1.165) is 0 Å². The normalized spacial score (nSPS) is 25.6. The Bertz CT molecular complexity index is 410. The number of likely N-dealkylation sites (tertiary alicyclic amines) is 2. The van der Waals surface area contributed by atoms with Crippen LogP contribution in [0.2, 0.25) is 0 Å². The van der Waals surface area contributed by atoms with Crippen molar-refractivity contribution in [2.45, 2.75) is 45.3 Å². The Hall–Kier alpha value is -1.30. The van der Waals surface area contributed by atoms with E-state index in [1.165, 1.54) is 0 Å². The maximum atomic E-state index is 12.0. The monoisotopic (exact) mass is 283 g/mol. The number of hydrogen-bond donors (Lipinski definition) is 1. The molecule has 0 aromatic carbocycles. The molecule has 6 nitrogen and oxygen atoms in total. The van der Waals surface area contributed by atoms with Crippen LogP contribution in [0.4, 0.5) is 4.79 Å². The summed E-state index contributed by atoms with van der Waals surface area (Å²) in [5, 5.41) is 0. The number of carbonyl (C=O) groups excluding carboxylic acids is 2. The molecule has 0 bridgehead atoms. The molecule has 0 saturated carbocycles. The summed E-state index contributed by atoms with van der Waals surface area (Å²) in [4.78, 5) is 27.5. The molecule has 1 unspecified atom stereocenters. The third-order valence-corrected chi connectivity index (χ3v) is 3.90. The summed E-state index contributed by atoms with van der Waals surface area (Å²) in [5.74, 6) is 0.390. The molecule has 2 aliphatic heterocycles. The molecule has 0 aromatic rings. The zero-order chi connectivity index (χ0) is 15.1. The average molecular weight is 283 g/mol. The lowest BCUT2D eigenvalue weighted by atomic mass is 9.90. The molecule has 0 aliphatic carbocycles. The Kier molecular flexibility index (Phi) is 3.71. The van der Waals surface area contributed by atoms with Gasteiger partial charge in [0.2, 0.25) is 5.91 Å². The fraction of sp³-hybridized carbons (Fsp3) is 0.857. The average Bonchev–Trinajstić information content (AvgIpc) is 2.64. The zero-order valence-electron chi connectivity index (χ0n) is 12.8. The van der Waals surface area contributed by atoms with Crippen LogP contribution >= 0.6 is 0 Å². The van der Waals surface area contributed by atoms with E-state index in [-0.39, 0.29) is 23.5 Å². The van der Waals surface area contributed by atoms with Crippen LogP contribution in [0.5, 0.6) is 0 Å². The molecule has 2 amide bonds. The molecule has 114 valence electrons. The highest BCUT2D eigenvalue weighted by atomic mass is 16.6. The van der Waals surface area contributed by atoms with Crippen molar-refractivity contribution in [1.29, 1.82) is 0 Å². The standard InChI is InChI=1S/C14H25N3O3/c1-13(2,3)20-12(19)16-8-14(4,9-16)17-7-10(6-15)5-11(17)18/h10H,5-9,15H2,1-4H3. The second-order valence-electron chi connectivity index (χ2n) is 7.14. The summed E-state index contributed by atoms with van der Waals surface area (Å²) in [6.45, 7) is 9.86. The lowest BCUT2D eigenvalue weighted by molar-refractivity contribution is -0.139. The van der Waals surface area contributed by atoms with Gasteiger partial charge in [0.25, 0.3) is 0 Å². The molecule has 2 aliphatic rings. The Morgan fingerprint density at radius 2 is 2.05 bits per heavy atom. The maximum absolute atomic E-state index is 12.0. The Morgan fingerprint density at radius 3 is 2.50 bits per heavy atom. The van der Waals surface area contributed by atoms with Crippen LogP contribution < -0.4 is 5.73 Å². The molecule has 0 aromatic heterocycles. The highest BCUT2D eigenvalue weighted by Gasteiger charge is 2.51. The van der Waals surface area contributed by atoms with Crippen molar-refractivity contribution in [3.8, 4) is 0 Å². The minimum Gasteiger partial charge on any atom is -0.444 e. The number of nitrogens with zero attached hydrogens (tertiary/aromatic N) is 2. The summed E-state index contributed by atoms with van der Waals surface area (Å²) in [6, 6.07) is 0. The highest BCUT2D eigenvalue weighted by molar-refractivity contribution is 5.80. The molecular weight excluding hydrogens is 258 g/mol. The van der Waals surface area contributed by atoms with Crippen molar-refractivity contribution in [2.24, 2.45) is 11.7 Å². The predicted octanol–water partition coefficient (Wildman–Crippen LogP) is 0.803. The summed E-state index contributed by atoms with van der Waals surface area (Å²) >= 11 is 0. The van der Waals surface area contributed by atoms with Crippen molar-refractivity contribution < 1.29 is 14.3 Å². The molecule has 6 heteroatoms. The molecule has 2 saturated heterocycles. The Morgan fingerprint density at radius 1 is 1.45 bits per heavy atom. The van der Waals surface area contributed by atoms with Gasteiger partial charge in [0.1, 0.15) is 5.60 Å². The Labute approximate surface area is 120 Å². The van der Waals surface area contributed by atoms with Gasteiger partial charge in [-0.3, -0.25) is 4.79 Å². The molecule has 2 fully saturated rings. The fourth-order valence-corrected chi connectivity index (χ4v) is 2.86. The van der Waals surface area contributed by atoms with Crippen LogP contribution in [-0.4, -0.2) is 59.1 Å². The van der Waals surface area contributed by atoms with Crippen molar-refractivity contribution >= 4 is 12.0 Å². The van der Waals surface area contributed by atoms with Crippen LogP contribution in [0.25, 0.3) is 0 Å². The van der Waals surface area contributed by atoms with Gasteiger partial charge in [0, 0.05) is 26.1 Å². The quantitative estimate of drug-likeness (QED) is 0.813. The van der Waals surface area contributed by atoms with E-state index in [4.69, 9.17) is 10.5 Å². The Balaban J connectivity index is 1.91. The van der Waals surface area contributed by atoms with Crippen LogP contribution in [0.1, 0.15) is 34.1 Å². The first kappa shape index (κ1) is 15.1. The zero-order valence-corrected chi connectivity index (χ0v) is 12.8. The van der Waals surface area contributed by atoms with E-state index in [1.807, 2.05) is 32.6 Å². The first-order chi connectivity index (χ1) is 9.14. The van der Waals surface area contributed by atoms with Gasteiger partial charge in [-0.25, -0.2) is 4.79 Å². The first-order valence-corrected chi connectivity index (χ1v) is 7.13. The molecular formula is C14H25N3O3. The second kappa shape index (κ2) is 4.91. The van der Waals surface area contributed by atoms with Gasteiger partial charge in [-0.05, 0) is 40.2 Å². The smallest absolute Gasteiger partial charge is 0.410 e. The van der Waals surface area contributed by atoms with Gasteiger partial charge in [-0.2, -0.15) is 0 Å². The topological polar surface area (TPSA) is 75.9 Å². The van der Waals surface area contributed by atoms with E-state index in [2.05, 4.69) is 0 Å². The van der Waals surface area contributed by atoms with Crippen molar-refractivity contribution in [1.82, 2.24) is 9.80 Å². The summed E-state index contributed by atoms with van der Waals surface area (Å²) in [7, 11) is 0. The van der Waals surface area contributed by atoms with Crippen molar-refractivity contribution in [3.63, 3.8) is 0 Å². The highest BCUT2D eigenvalue weighted by Crippen LogP contribution is 2.33. The van der Waals surface area contributed by atoms with Crippen LogP contribution in [0, 0.1) is 5.92 Å². The number of ether oxygens (including phenoxy) is 1. The summed E-state index contributed by atoms with van der Waals surface area (Å²) < 4.78 is 5.33.